The molecule has 0 saturated carbocycles. The predicted octanol–water partition coefficient (Wildman–Crippen LogP) is 3.51. The van der Waals surface area contributed by atoms with Gasteiger partial charge >= 0.3 is 11.9 Å². The summed E-state index contributed by atoms with van der Waals surface area (Å²) in [6, 6.07) is 6.03. The number of nitro groups is 1. The van der Waals surface area contributed by atoms with E-state index in [9.17, 15) is 19.7 Å². The molecule has 0 N–H and O–H groups in total. The summed E-state index contributed by atoms with van der Waals surface area (Å²) in [7, 11) is 2.55. The van der Waals surface area contributed by atoms with E-state index in [-0.39, 0.29) is 16.8 Å². The van der Waals surface area contributed by atoms with Gasteiger partial charge in [-0.25, -0.2) is 9.59 Å². The molecule has 7 nitrogen and oxygen atoms in total. The fourth-order valence-corrected chi connectivity index (χ4v) is 3.57. The van der Waals surface area contributed by atoms with Crippen LogP contribution in [0, 0.1) is 10.1 Å². The van der Waals surface area contributed by atoms with Gasteiger partial charge in [0.1, 0.15) is 0 Å². The zero-order valence-corrected chi connectivity index (χ0v) is 15.1. The number of allylic oxidation sites excluding steroid dienone is 1. The Bertz CT molecular complexity index is 905. The molecule has 0 radical (unpaired) electrons. The van der Waals surface area contributed by atoms with Crippen molar-refractivity contribution >= 4 is 23.7 Å². The Morgan fingerprint density at radius 3 is 2.07 bits per heavy atom. The van der Waals surface area contributed by atoms with Crippen LogP contribution in [0.2, 0.25) is 0 Å². The lowest BCUT2D eigenvalue weighted by Crippen LogP contribution is -2.14. The van der Waals surface area contributed by atoms with Crippen LogP contribution in [-0.4, -0.2) is 31.1 Å². The molecule has 0 fully saturated rings. The van der Waals surface area contributed by atoms with Crippen LogP contribution < -0.4 is 0 Å². The van der Waals surface area contributed by atoms with Gasteiger partial charge in [-0.1, -0.05) is 0 Å². The van der Waals surface area contributed by atoms with Gasteiger partial charge in [-0.2, -0.15) is 0 Å². The predicted molar refractivity (Wildman–Crippen MR) is 97.6 cm³/mol. The number of nitrogens with zero attached hydrogens (tertiary/aromatic N) is 1. The van der Waals surface area contributed by atoms with Crippen molar-refractivity contribution in [1.29, 1.82) is 0 Å². The first-order chi connectivity index (χ1) is 13.0. The Balaban J connectivity index is 2.16. The van der Waals surface area contributed by atoms with Gasteiger partial charge in [0.05, 0.1) is 30.3 Å². The molecule has 140 valence electrons. The lowest BCUT2D eigenvalue weighted by Gasteiger charge is -2.16. The molecule has 0 heterocycles. The number of carbonyl (C=O) groups is 2. The largest absolute Gasteiger partial charge is 0.465 e. The maximum absolute atomic E-state index is 12.5. The summed E-state index contributed by atoms with van der Waals surface area (Å²) in [5, 5.41) is 10.8. The van der Waals surface area contributed by atoms with Gasteiger partial charge in [-0.05, 0) is 66.2 Å². The number of rotatable bonds is 4. The van der Waals surface area contributed by atoms with Crippen LogP contribution in [0.25, 0.3) is 6.08 Å². The van der Waals surface area contributed by atoms with Gasteiger partial charge in [-0.3, -0.25) is 10.1 Å². The van der Waals surface area contributed by atoms with Gasteiger partial charge in [0, 0.05) is 12.1 Å². The van der Waals surface area contributed by atoms with E-state index in [4.69, 9.17) is 9.47 Å². The van der Waals surface area contributed by atoms with E-state index < -0.39 is 16.9 Å². The maximum Gasteiger partial charge on any atom is 0.339 e. The second-order valence-corrected chi connectivity index (χ2v) is 6.30. The number of hydrogen-bond acceptors (Lipinski definition) is 6. The monoisotopic (exact) mass is 369 g/mol. The summed E-state index contributed by atoms with van der Waals surface area (Å²) >= 11 is 0. The van der Waals surface area contributed by atoms with Crippen molar-refractivity contribution in [3.8, 4) is 0 Å². The second-order valence-electron chi connectivity index (χ2n) is 6.30. The Hall–Kier alpha value is -3.22. The summed E-state index contributed by atoms with van der Waals surface area (Å²) in [5.74, 6) is -1.16. The average Bonchev–Trinajstić information content (AvgIpc) is 3.01. The number of ether oxygens (including phenoxy) is 2. The zero-order valence-electron chi connectivity index (χ0n) is 15.1. The smallest absolute Gasteiger partial charge is 0.339 e. The summed E-state index contributed by atoms with van der Waals surface area (Å²) in [6.07, 6.45) is 5.09. The average molecular weight is 369 g/mol. The topological polar surface area (TPSA) is 95.7 Å². The highest BCUT2D eigenvalue weighted by molar-refractivity contribution is 6.11. The van der Waals surface area contributed by atoms with Crippen LogP contribution in [0.4, 0.5) is 5.69 Å². The van der Waals surface area contributed by atoms with Crippen LogP contribution in [0.3, 0.4) is 0 Å². The molecule has 1 aromatic rings. The number of nitro benzene ring substituents is 1. The van der Waals surface area contributed by atoms with Gasteiger partial charge in [0.15, 0.2) is 0 Å². The first-order valence-corrected chi connectivity index (χ1v) is 8.58. The van der Waals surface area contributed by atoms with Crippen LogP contribution in [-0.2, 0) is 19.1 Å². The highest BCUT2D eigenvalue weighted by atomic mass is 16.6. The Morgan fingerprint density at radius 2 is 1.52 bits per heavy atom. The summed E-state index contributed by atoms with van der Waals surface area (Å²) in [4.78, 5) is 35.3. The normalized spacial score (nSPS) is 17.8. The summed E-state index contributed by atoms with van der Waals surface area (Å²) in [5.41, 5.74) is 3.57. The molecule has 0 bridgehead atoms. The number of carbonyl (C=O) groups excluding carboxylic acids is 2. The van der Waals surface area contributed by atoms with Crippen LogP contribution in [0.15, 0.2) is 52.1 Å². The molecule has 2 aliphatic rings. The van der Waals surface area contributed by atoms with Crippen molar-refractivity contribution in [2.45, 2.75) is 25.7 Å². The molecule has 0 saturated heterocycles. The molecular weight excluding hydrogens is 350 g/mol. The quantitative estimate of drug-likeness (QED) is 0.458. The second kappa shape index (κ2) is 7.57. The lowest BCUT2D eigenvalue weighted by molar-refractivity contribution is -0.384. The van der Waals surface area contributed by atoms with Crippen LogP contribution in [0.1, 0.15) is 31.2 Å². The Morgan fingerprint density at radius 1 is 0.963 bits per heavy atom. The lowest BCUT2D eigenvalue weighted by atomic mass is 9.89. The summed E-state index contributed by atoms with van der Waals surface area (Å²) < 4.78 is 9.83. The molecule has 0 amide bonds. The third kappa shape index (κ3) is 3.40. The third-order valence-corrected chi connectivity index (χ3v) is 4.81. The van der Waals surface area contributed by atoms with E-state index in [1.54, 1.807) is 18.2 Å². The van der Waals surface area contributed by atoms with Crippen molar-refractivity contribution in [1.82, 2.24) is 0 Å². The van der Waals surface area contributed by atoms with Gasteiger partial charge in [0.25, 0.3) is 5.69 Å². The van der Waals surface area contributed by atoms with E-state index >= 15 is 0 Å². The number of non-ortho nitro benzene ring substituents is 1. The highest BCUT2D eigenvalue weighted by Gasteiger charge is 2.38. The molecule has 27 heavy (non-hydrogen) atoms. The first-order valence-electron chi connectivity index (χ1n) is 8.58. The molecule has 7 heteroatoms. The van der Waals surface area contributed by atoms with Crippen LogP contribution >= 0.6 is 0 Å². The number of esters is 2. The molecule has 0 atom stereocenters. The minimum Gasteiger partial charge on any atom is -0.465 e. The van der Waals surface area contributed by atoms with Crippen molar-refractivity contribution in [3.05, 3.63) is 67.8 Å². The summed E-state index contributed by atoms with van der Waals surface area (Å²) in [6.45, 7) is 0. The minimum absolute atomic E-state index is 0.0138. The van der Waals surface area contributed by atoms with E-state index in [1.165, 1.54) is 26.4 Å². The van der Waals surface area contributed by atoms with E-state index in [2.05, 4.69) is 0 Å². The SMILES string of the molecule is COC(=O)C1=C(C(=O)OC)/C(=C/c2ccc([N+](=O)[O-])cc2)C2=C1CCCC2. The Labute approximate surface area is 156 Å². The molecular formula is C20H19NO6. The van der Waals surface area contributed by atoms with E-state index in [1.807, 2.05) is 0 Å². The molecule has 0 aliphatic heterocycles. The van der Waals surface area contributed by atoms with Gasteiger partial charge in [0.2, 0.25) is 0 Å². The van der Waals surface area contributed by atoms with Gasteiger partial charge < -0.3 is 9.47 Å². The first kappa shape index (κ1) is 18.6. The Kier molecular flexibility index (Phi) is 5.21. The molecule has 2 aliphatic carbocycles. The van der Waals surface area contributed by atoms with Crippen molar-refractivity contribution in [3.63, 3.8) is 0 Å². The molecule has 3 rings (SSSR count). The standard InChI is InChI=1S/C20H19NO6/c1-26-19(22)17-15-6-4-3-5-14(15)16(18(17)20(23)27-2)11-12-7-9-13(10-8-12)21(24)25/h7-11H,3-6H2,1-2H3/b16-11+. The van der Waals surface area contributed by atoms with Crippen molar-refractivity contribution in [2.24, 2.45) is 0 Å². The van der Waals surface area contributed by atoms with E-state index in [0.29, 0.717) is 17.6 Å². The molecule has 0 spiro atoms. The number of hydrogen-bond donors (Lipinski definition) is 0. The van der Waals surface area contributed by atoms with E-state index in [0.717, 1.165) is 30.4 Å². The zero-order chi connectivity index (χ0) is 19.6. The van der Waals surface area contributed by atoms with Crippen molar-refractivity contribution < 1.29 is 24.0 Å². The number of benzene rings is 1. The molecule has 0 unspecified atom stereocenters. The fraction of sp³-hybridized carbons (Fsp3) is 0.300. The minimum atomic E-state index is -0.599. The number of methoxy groups -OCH3 is 2. The third-order valence-electron chi connectivity index (χ3n) is 4.81. The maximum atomic E-state index is 12.5. The fourth-order valence-electron chi connectivity index (χ4n) is 3.57. The van der Waals surface area contributed by atoms with Crippen molar-refractivity contribution in [2.75, 3.05) is 14.2 Å². The van der Waals surface area contributed by atoms with Crippen LogP contribution in [0.5, 0.6) is 0 Å². The molecule has 1 aromatic carbocycles. The highest BCUT2D eigenvalue weighted by Crippen LogP contribution is 2.46. The molecule has 0 aromatic heterocycles. The van der Waals surface area contributed by atoms with Gasteiger partial charge in [-0.15, -0.1) is 0 Å².